The van der Waals surface area contributed by atoms with E-state index in [1.165, 1.54) is 42.5 Å². The summed E-state index contributed by atoms with van der Waals surface area (Å²) in [4.78, 5) is 23.0. The minimum absolute atomic E-state index is 0.0490. The summed E-state index contributed by atoms with van der Waals surface area (Å²) in [5, 5.41) is 14.2. The van der Waals surface area contributed by atoms with Gasteiger partial charge in [-0.05, 0) is 48.9 Å². The van der Waals surface area contributed by atoms with Crippen LogP contribution in [0, 0.1) is 22.9 Å². The van der Waals surface area contributed by atoms with Gasteiger partial charge in [0.25, 0.3) is 15.7 Å². The van der Waals surface area contributed by atoms with E-state index in [0.29, 0.717) is 16.5 Å². The Balaban J connectivity index is 1.53. The van der Waals surface area contributed by atoms with Gasteiger partial charge in [-0.3, -0.25) is 19.6 Å². The van der Waals surface area contributed by atoms with Crippen LogP contribution in [-0.4, -0.2) is 23.8 Å². The number of aryl methyl sites for hydroxylation is 1. The summed E-state index contributed by atoms with van der Waals surface area (Å²) in [7, 11) is -4.12. The molecule has 11 heteroatoms. The second kappa shape index (κ2) is 8.94. The predicted molar refractivity (Wildman–Crippen MR) is 126 cm³/mol. The average Bonchev–Trinajstić information content (AvgIpc) is 3.18. The van der Waals surface area contributed by atoms with Crippen LogP contribution in [0.1, 0.15) is 5.56 Å². The number of aromatic nitrogens is 1. The standard InChI is InChI=1S/C23H19FN4O5S/c1-15-6-7-17(13-22(15)34(32,33)26-20-5-3-2-4-19(20)24)25-23(29)14-27-11-10-16-12-18(28(30)31)8-9-21(16)27/h2-13,26H,14H2,1H3,(H,25,29). The van der Waals surface area contributed by atoms with Crippen LogP contribution in [0.15, 0.2) is 77.8 Å². The molecular weight excluding hydrogens is 463 g/mol. The molecule has 34 heavy (non-hydrogen) atoms. The summed E-state index contributed by atoms with van der Waals surface area (Å²) < 4.78 is 43.5. The molecule has 1 heterocycles. The first kappa shape index (κ1) is 22.9. The molecule has 1 aromatic heterocycles. The van der Waals surface area contributed by atoms with Crippen LogP contribution in [0.3, 0.4) is 0 Å². The number of benzene rings is 3. The van der Waals surface area contributed by atoms with E-state index in [1.54, 1.807) is 35.9 Å². The van der Waals surface area contributed by atoms with E-state index in [1.807, 2.05) is 0 Å². The number of halogens is 1. The van der Waals surface area contributed by atoms with Crippen molar-refractivity contribution in [1.82, 2.24) is 4.57 Å². The van der Waals surface area contributed by atoms with Gasteiger partial charge in [0.15, 0.2) is 0 Å². The number of hydrogen-bond acceptors (Lipinski definition) is 5. The third-order valence-corrected chi connectivity index (χ3v) is 6.67. The lowest BCUT2D eigenvalue weighted by Crippen LogP contribution is -2.19. The highest BCUT2D eigenvalue weighted by Gasteiger charge is 2.20. The summed E-state index contributed by atoms with van der Waals surface area (Å²) in [6.07, 6.45) is 1.64. The van der Waals surface area contributed by atoms with E-state index < -0.39 is 26.7 Å². The molecule has 0 saturated carbocycles. The fraction of sp³-hybridized carbons (Fsp3) is 0.0870. The first-order chi connectivity index (χ1) is 16.1. The summed E-state index contributed by atoms with van der Waals surface area (Å²) >= 11 is 0. The Morgan fingerprint density at radius 1 is 1.09 bits per heavy atom. The number of non-ortho nitro benzene ring substituents is 1. The number of rotatable bonds is 7. The highest BCUT2D eigenvalue weighted by molar-refractivity contribution is 7.92. The Kier molecular flexibility index (Phi) is 6.03. The summed E-state index contributed by atoms with van der Waals surface area (Å²) in [5.74, 6) is -1.14. The van der Waals surface area contributed by atoms with Crippen LogP contribution in [-0.2, 0) is 21.4 Å². The molecule has 0 spiro atoms. The van der Waals surface area contributed by atoms with Crippen molar-refractivity contribution in [3.63, 3.8) is 0 Å². The van der Waals surface area contributed by atoms with Crippen LogP contribution in [0.2, 0.25) is 0 Å². The fourth-order valence-electron chi connectivity index (χ4n) is 3.51. The number of nitro groups is 1. The second-order valence-electron chi connectivity index (χ2n) is 7.56. The van der Waals surface area contributed by atoms with Crippen molar-refractivity contribution in [3.05, 3.63) is 94.4 Å². The first-order valence-corrected chi connectivity index (χ1v) is 11.5. The normalized spacial score (nSPS) is 11.4. The lowest BCUT2D eigenvalue weighted by molar-refractivity contribution is -0.384. The van der Waals surface area contributed by atoms with Gasteiger partial charge in [-0.2, -0.15) is 0 Å². The number of sulfonamides is 1. The zero-order chi connectivity index (χ0) is 24.5. The molecule has 2 N–H and O–H groups in total. The van der Waals surface area contributed by atoms with Crippen LogP contribution < -0.4 is 10.0 Å². The number of hydrogen-bond donors (Lipinski definition) is 2. The molecule has 0 fully saturated rings. The quantitative estimate of drug-likeness (QED) is 0.298. The topological polar surface area (TPSA) is 123 Å². The Bertz CT molecular complexity index is 1530. The van der Waals surface area contributed by atoms with E-state index in [4.69, 9.17) is 0 Å². The Morgan fingerprint density at radius 3 is 2.59 bits per heavy atom. The van der Waals surface area contributed by atoms with Crippen molar-refractivity contribution in [2.24, 2.45) is 0 Å². The molecule has 4 rings (SSSR count). The highest BCUT2D eigenvalue weighted by Crippen LogP contribution is 2.25. The van der Waals surface area contributed by atoms with Crippen molar-refractivity contribution in [1.29, 1.82) is 0 Å². The molecule has 0 unspecified atom stereocenters. The van der Waals surface area contributed by atoms with Gasteiger partial charge < -0.3 is 9.88 Å². The number of anilines is 2. The number of nitro benzene ring substituents is 1. The lowest BCUT2D eigenvalue weighted by atomic mass is 10.2. The summed E-state index contributed by atoms with van der Waals surface area (Å²) in [5.41, 5.74) is 1.07. The van der Waals surface area contributed by atoms with Gasteiger partial charge in [0, 0.05) is 34.9 Å². The largest absolute Gasteiger partial charge is 0.338 e. The maximum atomic E-state index is 13.9. The number of carbonyl (C=O) groups excluding carboxylic acids is 1. The van der Waals surface area contributed by atoms with Crippen LogP contribution in [0.4, 0.5) is 21.5 Å². The zero-order valence-electron chi connectivity index (χ0n) is 17.9. The Hall–Kier alpha value is -4.25. The van der Waals surface area contributed by atoms with Gasteiger partial charge in [-0.1, -0.05) is 18.2 Å². The van der Waals surface area contributed by atoms with Crippen LogP contribution in [0.5, 0.6) is 0 Å². The number of nitrogens with one attached hydrogen (secondary N) is 2. The summed E-state index contributed by atoms with van der Waals surface area (Å²) in [6.45, 7) is 1.50. The molecule has 0 aliphatic heterocycles. The molecule has 0 atom stereocenters. The Morgan fingerprint density at radius 2 is 1.85 bits per heavy atom. The number of carbonyl (C=O) groups is 1. The molecular formula is C23H19FN4O5S. The number of para-hydroxylation sites is 1. The van der Waals surface area contributed by atoms with Gasteiger partial charge in [-0.25, -0.2) is 12.8 Å². The fourth-order valence-corrected chi connectivity index (χ4v) is 4.84. The monoisotopic (exact) mass is 482 g/mol. The molecule has 174 valence electrons. The minimum atomic E-state index is -4.12. The third kappa shape index (κ3) is 4.74. The van der Waals surface area contributed by atoms with Crippen molar-refractivity contribution in [2.75, 3.05) is 10.0 Å². The molecule has 0 aliphatic rings. The maximum absolute atomic E-state index is 13.9. The summed E-state index contributed by atoms with van der Waals surface area (Å²) in [6, 6.07) is 15.8. The van der Waals surface area contributed by atoms with Crippen molar-refractivity contribution in [2.45, 2.75) is 18.4 Å². The SMILES string of the molecule is Cc1ccc(NC(=O)Cn2ccc3cc([N+](=O)[O-])ccc32)cc1S(=O)(=O)Nc1ccccc1F. The van der Waals surface area contributed by atoms with Gasteiger partial charge >= 0.3 is 0 Å². The second-order valence-corrected chi connectivity index (χ2v) is 9.21. The van der Waals surface area contributed by atoms with E-state index in [-0.39, 0.29) is 28.5 Å². The van der Waals surface area contributed by atoms with Gasteiger partial charge in [0.2, 0.25) is 5.91 Å². The van der Waals surface area contributed by atoms with Crippen molar-refractivity contribution in [3.8, 4) is 0 Å². The van der Waals surface area contributed by atoms with Gasteiger partial charge in [-0.15, -0.1) is 0 Å². The molecule has 0 aliphatic carbocycles. The molecule has 1 amide bonds. The van der Waals surface area contributed by atoms with E-state index in [2.05, 4.69) is 10.0 Å². The third-order valence-electron chi connectivity index (χ3n) is 5.16. The van der Waals surface area contributed by atoms with Crippen molar-refractivity contribution >= 4 is 43.9 Å². The molecule has 9 nitrogen and oxygen atoms in total. The van der Waals surface area contributed by atoms with Gasteiger partial charge in [0.1, 0.15) is 12.4 Å². The molecule has 0 bridgehead atoms. The van der Waals surface area contributed by atoms with E-state index >= 15 is 0 Å². The Labute approximate surface area is 194 Å². The lowest BCUT2D eigenvalue weighted by Gasteiger charge is -2.13. The zero-order valence-corrected chi connectivity index (χ0v) is 18.7. The van der Waals surface area contributed by atoms with Gasteiger partial charge in [0.05, 0.1) is 15.5 Å². The number of fused-ring (bicyclic) bond motifs is 1. The van der Waals surface area contributed by atoms with Crippen LogP contribution in [0.25, 0.3) is 10.9 Å². The predicted octanol–water partition coefficient (Wildman–Crippen LogP) is 4.44. The molecule has 3 aromatic carbocycles. The number of nitrogens with zero attached hydrogens (tertiary/aromatic N) is 2. The van der Waals surface area contributed by atoms with E-state index in [9.17, 15) is 27.7 Å². The average molecular weight is 482 g/mol. The molecule has 0 radical (unpaired) electrons. The number of amides is 1. The van der Waals surface area contributed by atoms with Crippen molar-refractivity contribution < 1.29 is 22.5 Å². The molecule has 0 saturated heterocycles. The maximum Gasteiger partial charge on any atom is 0.270 e. The smallest absolute Gasteiger partial charge is 0.270 e. The molecule has 4 aromatic rings. The van der Waals surface area contributed by atoms with E-state index in [0.717, 1.165) is 6.07 Å². The highest BCUT2D eigenvalue weighted by atomic mass is 32.2. The minimum Gasteiger partial charge on any atom is -0.338 e. The van der Waals surface area contributed by atoms with Crippen LogP contribution >= 0.6 is 0 Å². The first-order valence-electron chi connectivity index (χ1n) is 10.1.